The summed E-state index contributed by atoms with van der Waals surface area (Å²) in [4.78, 5) is 10.3. The maximum atomic E-state index is 8.91. The van der Waals surface area contributed by atoms with E-state index in [1.807, 2.05) is 17.4 Å². The van der Waals surface area contributed by atoms with E-state index >= 15 is 0 Å². The van der Waals surface area contributed by atoms with Crippen molar-refractivity contribution in [3.63, 3.8) is 0 Å². The van der Waals surface area contributed by atoms with E-state index in [1.165, 1.54) is 34.8 Å². The third-order valence-corrected chi connectivity index (χ3v) is 5.01. The van der Waals surface area contributed by atoms with E-state index in [0.717, 1.165) is 19.4 Å². The van der Waals surface area contributed by atoms with Gasteiger partial charge < -0.3 is 5.32 Å². The molecule has 0 fully saturated rings. The zero-order valence-corrected chi connectivity index (χ0v) is 13.1. The Balaban J connectivity index is 1.59. The van der Waals surface area contributed by atoms with Crippen molar-refractivity contribution in [2.75, 3.05) is 11.9 Å². The number of aromatic nitrogens is 2. The minimum atomic E-state index is 0.256. The first kappa shape index (κ1) is 14.3. The lowest BCUT2D eigenvalue weighted by atomic mass is 10.0. The molecule has 2 heterocycles. The van der Waals surface area contributed by atoms with Crippen LogP contribution >= 0.6 is 22.9 Å². The first-order valence-corrected chi connectivity index (χ1v) is 8.23. The van der Waals surface area contributed by atoms with E-state index in [2.05, 4.69) is 10.3 Å². The van der Waals surface area contributed by atoms with Gasteiger partial charge in [0.1, 0.15) is 11.9 Å². The maximum absolute atomic E-state index is 8.91. The number of rotatable bonds is 4. The topological polar surface area (TPSA) is 61.6 Å². The van der Waals surface area contributed by atoms with Crippen LogP contribution in [0.4, 0.5) is 5.82 Å². The maximum Gasteiger partial charge on any atom is 0.161 e. The Morgan fingerprint density at radius 1 is 1.29 bits per heavy atom. The van der Waals surface area contributed by atoms with Crippen LogP contribution in [0.25, 0.3) is 0 Å². The molecule has 3 rings (SSSR count). The van der Waals surface area contributed by atoms with E-state index < -0.39 is 0 Å². The molecule has 6 heteroatoms. The summed E-state index contributed by atoms with van der Waals surface area (Å²) < 4.78 is 0. The molecule has 21 heavy (non-hydrogen) atoms. The van der Waals surface area contributed by atoms with Crippen LogP contribution in [0.5, 0.6) is 0 Å². The van der Waals surface area contributed by atoms with Crippen molar-refractivity contribution in [1.29, 1.82) is 5.26 Å². The Labute approximate surface area is 132 Å². The molecule has 0 atom stereocenters. The number of nitrogens with zero attached hydrogens (tertiary/aromatic N) is 3. The third-order valence-electron chi connectivity index (χ3n) is 3.49. The molecule has 4 nitrogen and oxygen atoms in total. The van der Waals surface area contributed by atoms with Crippen LogP contribution in [-0.2, 0) is 19.3 Å². The largest absolute Gasteiger partial charge is 0.370 e. The van der Waals surface area contributed by atoms with Crippen molar-refractivity contribution < 1.29 is 0 Å². The predicted molar refractivity (Wildman–Crippen MR) is 84.9 cm³/mol. The average Bonchev–Trinajstić information content (AvgIpc) is 2.91. The molecule has 0 bridgehead atoms. The number of hydrogen-bond acceptors (Lipinski definition) is 5. The summed E-state index contributed by atoms with van der Waals surface area (Å²) in [5.74, 6) is 0.678. The summed E-state index contributed by atoms with van der Waals surface area (Å²) >= 11 is 7.70. The summed E-state index contributed by atoms with van der Waals surface area (Å²) in [6, 6.07) is 5.46. The highest BCUT2D eigenvalue weighted by atomic mass is 35.5. The second kappa shape index (κ2) is 6.42. The summed E-state index contributed by atoms with van der Waals surface area (Å²) in [5.41, 5.74) is 1.56. The smallest absolute Gasteiger partial charge is 0.161 e. The number of pyridine rings is 1. The third kappa shape index (κ3) is 3.34. The molecule has 1 aliphatic carbocycles. The number of fused-ring (bicyclic) bond motifs is 1. The molecule has 0 spiro atoms. The molecule has 0 saturated carbocycles. The highest BCUT2D eigenvalue weighted by molar-refractivity contribution is 7.11. The molecule has 108 valence electrons. The molecule has 0 aliphatic heterocycles. The summed E-state index contributed by atoms with van der Waals surface area (Å²) in [7, 11) is 0. The van der Waals surface area contributed by atoms with Gasteiger partial charge in [0.05, 0.1) is 15.7 Å². The number of hydrogen-bond donors (Lipinski definition) is 1. The van der Waals surface area contributed by atoms with Crippen LogP contribution in [0.3, 0.4) is 0 Å². The zero-order valence-electron chi connectivity index (χ0n) is 11.5. The molecular formula is C15H15ClN4S. The average molecular weight is 319 g/mol. The van der Waals surface area contributed by atoms with Crippen LogP contribution in [0.1, 0.15) is 34.1 Å². The lowest BCUT2D eigenvalue weighted by Crippen LogP contribution is -2.07. The molecule has 0 aromatic carbocycles. The number of nitrogens with one attached hydrogen (secondary N) is 1. The lowest BCUT2D eigenvalue weighted by Gasteiger charge is -2.06. The van der Waals surface area contributed by atoms with E-state index in [9.17, 15) is 0 Å². The Morgan fingerprint density at radius 3 is 2.95 bits per heavy atom. The van der Waals surface area contributed by atoms with Crippen LogP contribution < -0.4 is 5.32 Å². The number of anilines is 1. The normalized spacial score (nSPS) is 13.5. The van der Waals surface area contributed by atoms with E-state index in [4.69, 9.17) is 21.8 Å². The Kier molecular flexibility index (Phi) is 4.37. The second-order valence-corrected chi connectivity index (χ2v) is 6.58. The Morgan fingerprint density at radius 2 is 2.14 bits per heavy atom. The summed E-state index contributed by atoms with van der Waals surface area (Å²) in [6.45, 7) is 0.756. The van der Waals surface area contributed by atoms with Crippen LogP contribution in [-0.4, -0.2) is 16.5 Å². The summed E-state index contributed by atoms with van der Waals surface area (Å²) in [5, 5.41) is 13.7. The van der Waals surface area contributed by atoms with Crippen LogP contribution in [0.15, 0.2) is 12.1 Å². The molecule has 2 aromatic rings. The van der Waals surface area contributed by atoms with Gasteiger partial charge in [0.25, 0.3) is 0 Å². The van der Waals surface area contributed by atoms with Gasteiger partial charge in [-0.1, -0.05) is 11.6 Å². The lowest BCUT2D eigenvalue weighted by molar-refractivity contribution is 0.680. The van der Waals surface area contributed by atoms with Gasteiger partial charge >= 0.3 is 0 Å². The van der Waals surface area contributed by atoms with Crippen molar-refractivity contribution in [3.05, 3.63) is 38.4 Å². The van der Waals surface area contributed by atoms with Crippen molar-refractivity contribution in [2.24, 2.45) is 0 Å². The molecular weight excluding hydrogens is 304 g/mol. The fourth-order valence-electron chi connectivity index (χ4n) is 2.43. The van der Waals surface area contributed by atoms with E-state index in [0.29, 0.717) is 10.8 Å². The number of halogens is 1. The highest BCUT2D eigenvalue weighted by Gasteiger charge is 2.14. The molecule has 1 aliphatic rings. The van der Waals surface area contributed by atoms with E-state index in [-0.39, 0.29) is 5.69 Å². The minimum absolute atomic E-state index is 0.256. The molecule has 2 aromatic heterocycles. The van der Waals surface area contributed by atoms with Crippen molar-refractivity contribution >= 4 is 28.8 Å². The quantitative estimate of drug-likeness (QED) is 0.935. The first-order valence-electron chi connectivity index (χ1n) is 7.04. The van der Waals surface area contributed by atoms with Gasteiger partial charge in [0.2, 0.25) is 0 Å². The first-order chi connectivity index (χ1) is 10.3. The molecule has 0 saturated heterocycles. The summed E-state index contributed by atoms with van der Waals surface area (Å²) in [6.07, 6.45) is 5.75. The van der Waals surface area contributed by atoms with Crippen molar-refractivity contribution in [2.45, 2.75) is 32.1 Å². The fourth-order valence-corrected chi connectivity index (χ4v) is 3.73. The number of aryl methyl sites for hydroxylation is 2. The SMILES string of the molecule is N#Cc1nc(NCCc2nc3c(s2)CCCC3)ccc1Cl. The highest BCUT2D eigenvalue weighted by Crippen LogP contribution is 2.26. The molecule has 0 radical (unpaired) electrons. The van der Waals surface area contributed by atoms with Gasteiger partial charge in [-0.2, -0.15) is 5.26 Å². The minimum Gasteiger partial charge on any atom is -0.370 e. The second-order valence-electron chi connectivity index (χ2n) is 5.00. The van der Waals surface area contributed by atoms with Gasteiger partial charge in [-0.3, -0.25) is 0 Å². The molecule has 1 N–H and O–H groups in total. The number of thiazole rings is 1. The van der Waals surface area contributed by atoms with Gasteiger partial charge in [-0.25, -0.2) is 9.97 Å². The monoisotopic (exact) mass is 318 g/mol. The zero-order chi connectivity index (χ0) is 14.7. The van der Waals surface area contributed by atoms with Crippen LogP contribution in [0, 0.1) is 11.3 Å². The number of nitriles is 1. The van der Waals surface area contributed by atoms with Gasteiger partial charge in [0, 0.05) is 17.8 Å². The van der Waals surface area contributed by atoms with Crippen LogP contribution in [0.2, 0.25) is 5.02 Å². The van der Waals surface area contributed by atoms with E-state index in [1.54, 1.807) is 12.1 Å². The Bertz CT molecular complexity index is 666. The molecule has 0 amide bonds. The van der Waals surface area contributed by atoms with Gasteiger partial charge in [-0.15, -0.1) is 11.3 Å². The predicted octanol–water partition coefficient (Wildman–Crippen LogP) is 3.60. The van der Waals surface area contributed by atoms with Gasteiger partial charge in [0.15, 0.2) is 5.69 Å². The fraction of sp³-hybridized carbons (Fsp3) is 0.400. The van der Waals surface area contributed by atoms with Gasteiger partial charge in [-0.05, 0) is 37.8 Å². The standard InChI is InChI=1S/C15H15ClN4S/c16-10-5-6-14(19-12(10)9-17)18-8-7-15-20-11-3-1-2-4-13(11)21-15/h5-6H,1-4,7-8H2,(H,18,19). The Hall–Kier alpha value is -1.64. The van der Waals surface area contributed by atoms with Crippen molar-refractivity contribution in [1.82, 2.24) is 9.97 Å². The molecule has 0 unspecified atom stereocenters. The van der Waals surface area contributed by atoms with Crippen molar-refractivity contribution in [3.8, 4) is 6.07 Å².